The predicted octanol–water partition coefficient (Wildman–Crippen LogP) is 0.980. The van der Waals surface area contributed by atoms with Crippen molar-refractivity contribution in [3.05, 3.63) is 15.9 Å². The standard InChI is InChI=1S/C11H20BrN3O2/c1-9-11(12)10(15(2)14-9)8-13-4-3-6-17-7-5-16/h13,16H,3-8H2,1-2H3. The van der Waals surface area contributed by atoms with Crippen LogP contribution in [0, 0.1) is 6.92 Å². The van der Waals surface area contributed by atoms with E-state index in [0.29, 0.717) is 13.2 Å². The molecule has 0 fully saturated rings. The van der Waals surface area contributed by atoms with Crippen LogP contribution in [0.2, 0.25) is 0 Å². The number of hydrogen-bond acceptors (Lipinski definition) is 4. The van der Waals surface area contributed by atoms with E-state index in [4.69, 9.17) is 9.84 Å². The fourth-order valence-electron chi connectivity index (χ4n) is 1.54. The Balaban J connectivity index is 2.18. The average molecular weight is 306 g/mol. The summed E-state index contributed by atoms with van der Waals surface area (Å²) < 4.78 is 8.13. The molecule has 0 bridgehead atoms. The molecule has 0 spiro atoms. The van der Waals surface area contributed by atoms with Gasteiger partial charge >= 0.3 is 0 Å². The van der Waals surface area contributed by atoms with Crippen LogP contribution < -0.4 is 5.32 Å². The fourth-order valence-corrected chi connectivity index (χ4v) is 2.02. The van der Waals surface area contributed by atoms with E-state index in [0.717, 1.165) is 35.4 Å². The Morgan fingerprint density at radius 2 is 2.24 bits per heavy atom. The number of aliphatic hydroxyl groups is 1. The monoisotopic (exact) mass is 305 g/mol. The smallest absolute Gasteiger partial charge is 0.0739 e. The second kappa shape index (κ2) is 7.81. The molecular weight excluding hydrogens is 286 g/mol. The molecule has 6 heteroatoms. The maximum atomic E-state index is 8.53. The third-order valence-electron chi connectivity index (χ3n) is 2.43. The number of rotatable bonds is 8. The van der Waals surface area contributed by atoms with Crippen molar-refractivity contribution >= 4 is 15.9 Å². The minimum atomic E-state index is 0.0919. The third-order valence-corrected chi connectivity index (χ3v) is 3.46. The van der Waals surface area contributed by atoms with Crippen LogP contribution >= 0.6 is 15.9 Å². The van der Waals surface area contributed by atoms with Crippen molar-refractivity contribution in [3.8, 4) is 0 Å². The zero-order chi connectivity index (χ0) is 12.7. The molecule has 0 aliphatic rings. The van der Waals surface area contributed by atoms with Crippen LogP contribution in [0.3, 0.4) is 0 Å². The molecule has 5 nitrogen and oxygen atoms in total. The van der Waals surface area contributed by atoms with E-state index in [1.807, 2.05) is 18.7 Å². The first-order chi connectivity index (χ1) is 8.16. The van der Waals surface area contributed by atoms with Crippen molar-refractivity contribution in [2.75, 3.05) is 26.4 Å². The van der Waals surface area contributed by atoms with Crippen LogP contribution in [-0.2, 0) is 18.3 Å². The molecule has 1 aromatic rings. The van der Waals surface area contributed by atoms with Gasteiger partial charge in [0.2, 0.25) is 0 Å². The third kappa shape index (κ3) is 4.75. The van der Waals surface area contributed by atoms with E-state index in [1.54, 1.807) is 0 Å². The van der Waals surface area contributed by atoms with E-state index in [-0.39, 0.29) is 6.61 Å². The van der Waals surface area contributed by atoms with Crippen LogP contribution in [-0.4, -0.2) is 41.3 Å². The van der Waals surface area contributed by atoms with E-state index in [1.165, 1.54) is 0 Å². The molecular formula is C11H20BrN3O2. The molecule has 1 rings (SSSR count). The Hall–Kier alpha value is -0.430. The Labute approximate surface area is 110 Å². The number of aromatic nitrogens is 2. The summed E-state index contributed by atoms with van der Waals surface area (Å²) in [6.45, 7) is 4.86. The van der Waals surface area contributed by atoms with Crippen LogP contribution in [0.15, 0.2) is 4.47 Å². The average Bonchev–Trinajstić information content (AvgIpc) is 2.54. The number of hydrogen-bond donors (Lipinski definition) is 2. The highest BCUT2D eigenvalue weighted by atomic mass is 79.9. The van der Waals surface area contributed by atoms with Gasteiger partial charge in [-0.1, -0.05) is 0 Å². The number of nitrogens with zero attached hydrogens (tertiary/aromatic N) is 2. The summed E-state index contributed by atoms with van der Waals surface area (Å²) in [6.07, 6.45) is 0.939. The van der Waals surface area contributed by atoms with E-state index >= 15 is 0 Å². The molecule has 0 saturated heterocycles. The normalized spacial score (nSPS) is 11.1. The van der Waals surface area contributed by atoms with Gasteiger partial charge in [0, 0.05) is 20.2 Å². The van der Waals surface area contributed by atoms with Gasteiger partial charge in [0.1, 0.15) is 0 Å². The molecule has 1 aromatic heterocycles. The Morgan fingerprint density at radius 3 is 2.82 bits per heavy atom. The van der Waals surface area contributed by atoms with Gasteiger partial charge in [-0.25, -0.2) is 0 Å². The maximum Gasteiger partial charge on any atom is 0.0739 e. The van der Waals surface area contributed by atoms with Crippen LogP contribution in [0.4, 0.5) is 0 Å². The topological polar surface area (TPSA) is 59.3 Å². The molecule has 0 unspecified atom stereocenters. The Kier molecular flexibility index (Phi) is 6.72. The van der Waals surface area contributed by atoms with Crippen molar-refractivity contribution in [2.24, 2.45) is 7.05 Å². The first-order valence-electron chi connectivity index (χ1n) is 5.74. The molecule has 2 N–H and O–H groups in total. The fraction of sp³-hybridized carbons (Fsp3) is 0.727. The predicted molar refractivity (Wildman–Crippen MR) is 69.9 cm³/mol. The van der Waals surface area contributed by atoms with Gasteiger partial charge in [-0.2, -0.15) is 5.10 Å². The summed E-state index contributed by atoms with van der Waals surface area (Å²) >= 11 is 3.53. The highest BCUT2D eigenvalue weighted by molar-refractivity contribution is 9.10. The summed E-state index contributed by atoms with van der Waals surface area (Å²) in [5, 5.41) is 16.2. The largest absolute Gasteiger partial charge is 0.394 e. The summed E-state index contributed by atoms with van der Waals surface area (Å²) in [5.74, 6) is 0. The van der Waals surface area contributed by atoms with Crippen molar-refractivity contribution in [2.45, 2.75) is 19.9 Å². The summed E-state index contributed by atoms with van der Waals surface area (Å²) in [6, 6.07) is 0. The van der Waals surface area contributed by atoms with Gasteiger partial charge in [0.15, 0.2) is 0 Å². The molecule has 0 aliphatic carbocycles. The summed E-state index contributed by atoms with van der Waals surface area (Å²) in [4.78, 5) is 0. The zero-order valence-corrected chi connectivity index (χ0v) is 12.0. The molecule has 0 atom stereocenters. The number of aliphatic hydroxyl groups excluding tert-OH is 1. The second-order valence-corrected chi connectivity index (χ2v) is 4.63. The minimum Gasteiger partial charge on any atom is -0.394 e. The lowest BCUT2D eigenvalue weighted by Crippen LogP contribution is -2.18. The summed E-state index contributed by atoms with van der Waals surface area (Å²) in [5.41, 5.74) is 2.16. The van der Waals surface area contributed by atoms with Gasteiger partial charge in [0.25, 0.3) is 0 Å². The lowest BCUT2D eigenvalue weighted by molar-refractivity contribution is 0.0907. The van der Waals surface area contributed by atoms with Crippen LogP contribution in [0.1, 0.15) is 17.8 Å². The Bertz CT molecular complexity index is 342. The van der Waals surface area contributed by atoms with Crippen molar-refractivity contribution < 1.29 is 9.84 Å². The van der Waals surface area contributed by atoms with Crippen LogP contribution in [0.5, 0.6) is 0 Å². The maximum absolute atomic E-state index is 8.53. The number of nitrogens with one attached hydrogen (secondary N) is 1. The number of halogens is 1. The lowest BCUT2D eigenvalue weighted by Gasteiger charge is -2.06. The number of aryl methyl sites for hydroxylation is 2. The molecule has 17 heavy (non-hydrogen) atoms. The highest BCUT2D eigenvalue weighted by Crippen LogP contribution is 2.19. The van der Waals surface area contributed by atoms with E-state index in [9.17, 15) is 0 Å². The quantitative estimate of drug-likeness (QED) is 0.703. The van der Waals surface area contributed by atoms with Crippen LogP contribution in [0.25, 0.3) is 0 Å². The lowest BCUT2D eigenvalue weighted by atomic mass is 10.3. The molecule has 0 aromatic carbocycles. The Morgan fingerprint density at radius 1 is 1.47 bits per heavy atom. The van der Waals surface area contributed by atoms with Gasteiger partial charge in [-0.15, -0.1) is 0 Å². The van der Waals surface area contributed by atoms with Gasteiger partial charge < -0.3 is 15.2 Å². The molecule has 0 radical (unpaired) electrons. The molecule has 98 valence electrons. The zero-order valence-electron chi connectivity index (χ0n) is 10.4. The van der Waals surface area contributed by atoms with Crippen molar-refractivity contribution in [3.63, 3.8) is 0 Å². The van der Waals surface area contributed by atoms with E-state index in [2.05, 4.69) is 26.3 Å². The first-order valence-corrected chi connectivity index (χ1v) is 6.53. The van der Waals surface area contributed by atoms with Crippen molar-refractivity contribution in [1.29, 1.82) is 0 Å². The first kappa shape index (κ1) is 14.6. The number of ether oxygens (including phenoxy) is 1. The van der Waals surface area contributed by atoms with E-state index < -0.39 is 0 Å². The molecule has 1 heterocycles. The summed E-state index contributed by atoms with van der Waals surface area (Å²) in [7, 11) is 1.94. The van der Waals surface area contributed by atoms with Crippen molar-refractivity contribution in [1.82, 2.24) is 15.1 Å². The molecule has 0 amide bonds. The van der Waals surface area contributed by atoms with Gasteiger partial charge in [0.05, 0.1) is 29.1 Å². The van der Waals surface area contributed by atoms with Gasteiger partial charge in [-0.3, -0.25) is 4.68 Å². The minimum absolute atomic E-state index is 0.0919. The second-order valence-electron chi connectivity index (χ2n) is 3.84. The highest BCUT2D eigenvalue weighted by Gasteiger charge is 2.09. The van der Waals surface area contributed by atoms with Gasteiger partial charge in [-0.05, 0) is 35.8 Å². The molecule has 0 saturated carbocycles. The SMILES string of the molecule is Cc1nn(C)c(CNCCCOCCO)c1Br. The molecule has 0 aliphatic heterocycles.